The van der Waals surface area contributed by atoms with Crippen LogP contribution in [0.2, 0.25) is 5.02 Å². The number of fused-ring (bicyclic) bond motifs is 1. The van der Waals surface area contributed by atoms with E-state index >= 15 is 0 Å². The number of halogens is 1. The molecule has 3 rings (SSSR count). The third kappa shape index (κ3) is 2.88. The Hall–Kier alpha value is -2.00. The fraction of sp³-hybridized carbons (Fsp3) is 0.235. The Morgan fingerprint density at radius 3 is 2.95 bits per heavy atom. The van der Waals surface area contributed by atoms with E-state index in [0.717, 1.165) is 47.5 Å². The second kappa shape index (κ2) is 5.78. The number of amides is 1. The van der Waals surface area contributed by atoms with E-state index in [1.165, 1.54) is 0 Å². The Morgan fingerprint density at radius 2 is 2.14 bits per heavy atom. The first kappa shape index (κ1) is 14.0. The van der Waals surface area contributed by atoms with Gasteiger partial charge in [-0.25, -0.2) is 0 Å². The zero-order valence-electron chi connectivity index (χ0n) is 11.9. The van der Waals surface area contributed by atoms with Crippen LogP contribution in [0.25, 0.3) is 0 Å². The monoisotopic (exact) mass is 300 g/mol. The van der Waals surface area contributed by atoms with Crippen molar-refractivity contribution >= 4 is 28.9 Å². The van der Waals surface area contributed by atoms with Crippen molar-refractivity contribution in [3.8, 4) is 0 Å². The molecule has 0 spiro atoms. The van der Waals surface area contributed by atoms with E-state index in [4.69, 9.17) is 11.6 Å². The summed E-state index contributed by atoms with van der Waals surface area (Å²) in [5.41, 5.74) is 4.67. The Kier molecular flexibility index (Phi) is 3.84. The molecular formula is C17H17ClN2O. The molecular weight excluding hydrogens is 284 g/mol. The van der Waals surface area contributed by atoms with Gasteiger partial charge in [-0.05, 0) is 61.2 Å². The van der Waals surface area contributed by atoms with Gasteiger partial charge in [0.15, 0.2) is 0 Å². The lowest BCUT2D eigenvalue weighted by atomic mass is 9.97. The van der Waals surface area contributed by atoms with Crippen LogP contribution in [0.3, 0.4) is 0 Å². The Labute approximate surface area is 129 Å². The maximum absolute atomic E-state index is 12.6. The molecule has 0 fully saturated rings. The van der Waals surface area contributed by atoms with Crippen LogP contribution in [0.15, 0.2) is 36.4 Å². The molecule has 0 bridgehead atoms. The molecule has 2 aromatic rings. The quantitative estimate of drug-likeness (QED) is 0.870. The molecule has 0 aromatic heterocycles. The molecule has 0 saturated heterocycles. The minimum Gasteiger partial charge on any atom is -0.385 e. The standard InChI is InChI=1S/C17H17ClN2O/c1-11-10-12(18)7-8-15(11)20-17(21)14-4-2-6-16-13(14)5-3-9-19-16/h2,4,6-8,10,19H,3,5,9H2,1H3,(H,20,21). The number of rotatable bonds is 2. The molecule has 0 radical (unpaired) electrons. The van der Waals surface area contributed by atoms with Crippen LogP contribution in [0, 0.1) is 6.92 Å². The largest absolute Gasteiger partial charge is 0.385 e. The fourth-order valence-corrected chi connectivity index (χ4v) is 2.91. The van der Waals surface area contributed by atoms with Crippen molar-refractivity contribution in [3.05, 3.63) is 58.1 Å². The van der Waals surface area contributed by atoms with Gasteiger partial charge in [0.2, 0.25) is 0 Å². The zero-order chi connectivity index (χ0) is 14.8. The number of nitrogens with one attached hydrogen (secondary N) is 2. The molecule has 4 heteroatoms. The lowest BCUT2D eigenvalue weighted by Gasteiger charge is -2.20. The third-order valence-electron chi connectivity index (χ3n) is 3.78. The van der Waals surface area contributed by atoms with Crippen LogP contribution in [0.4, 0.5) is 11.4 Å². The first-order valence-electron chi connectivity index (χ1n) is 7.08. The molecule has 3 nitrogen and oxygen atoms in total. The van der Waals surface area contributed by atoms with Crippen molar-refractivity contribution in [2.75, 3.05) is 17.2 Å². The van der Waals surface area contributed by atoms with Crippen LogP contribution in [-0.2, 0) is 6.42 Å². The van der Waals surface area contributed by atoms with E-state index < -0.39 is 0 Å². The number of anilines is 2. The highest BCUT2D eigenvalue weighted by Crippen LogP contribution is 2.27. The van der Waals surface area contributed by atoms with Gasteiger partial charge in [0.05, 0.1) is 0 Å². The number of carbonyl (C=O) groups excluding carboxylic acids is 1. The van der Waals surface area contributed by atoms with Crippen LogP contribution in [-0.4, -0.2) is 12.5 Å². The van der Waals surface area contributed by atoms with Gasteiger partial charge in [0.25, 0.3) is 5.91 Å². The van der Waals surface area contributed by atoms with Gasteiger partial charge in [-0.3, -0.25) is 4.79 Å². The molecule has 1 heterocycles. The van der Waals surface area contributed by atoms with Gasteiger partial charge < -0.3 is 10.6 Å². The van der Waals surface area contributed by atoms with Crippen LogP contribution in [0.5, 0.6) is 0 Å². The first-order valence-corrected chi connectivity index (χ1v) is 7.46. The Bertz CT molecular complexity index is 697. The van der Waals surface area contributed by atoms with Crippen molar-refractivity contribution in [3.63, 3.8) is 0 Å². The lowest BCUT2D eigenvalue weighted by Crippen LogP contribution is -2.19. The smallest absolute Gasteiger partial charge is 0.256 e. The molecule has 0 atom stereocenters. The van der Waals surface area contributed by atoms with E-state index in [1.807, 2.05) is 37.3 Å². The third-order valence-corrected chi connectivity index (χ3v) is 4.01. The van der Waals surface area contributed by atoms with Crippen molar-refractivity contribution in [1.29, 1.82) is 0 Å². The van der Waals surface area contributed by atoms with Gasteiger partial charge in [0.1, 0.15) is 0 Å². The maximum atomic E-state index is 12.6. The van der Waals surface area contributed by atoms with E-state index in [-0.39, 0.29) is 5.91 Å². The fourth-order valence-electron chi connectivity index (χ4n) is 2.68. The molecule has 0 saturated carbocycles. The average Bonchev–Trinajstić information content (AvgIpc) is 2.49. The van der Waals surface area contributed by atoms with Crippen molar-refractivity contribution < 1.29 is 4.79 Å². The normalized spacial score (nSPS) is 13.2. The molecule has 2 aromatic carbocycles. The van der Waals surface area contributed by atoms with Gasteiger partial charge in [0, 0.05) is 28.5 Å². The summed E-state index contributed by atoms with van der Waals surface area (Å²) in [6.07, 6.45) is 1.99. The predicted molar refractivity (Wildman–Crippen MR) is 87.4 cm³/mol. The first-order chi connectivity index (χ1) is 10.1. The van der Waals surface area contributed by atoms with Gasteiger partial charge in [-0.1, -0.05) is 17.7 Å². The van der Waals surface area contributed by atoms with Crippen molar-refractivity contribution in [2.24, 2.45) is 0 Å². The number of carbonyl (C=O) groups is 1. The van der Waals surface area contributed by atoms with Crippen molar-refractivity contribution in [1.82, 2.24) is 0 Å². The summed E-state index contributed by atoms with van der Waals surface area (Å²) >= 11 is 5.94. The summed E-state index contributed by atoms with van der Waals surface area (Å²) in [5, 5.41) is 6.99. The number of benzene rings is 2. The maximum Gasteiger partial charge on any atom is 0.256 e. The molecule has 0 aliphatic carbocycles. The molecule has 1 aliphatic heterocycles. The van der Waals surface area contributed by atoms with Crippen molar-refractivity contribution in [2.45, 2.75) is 19.8 Å². The number of hydrogen-bond donors (Lipinski definition) is 2. The molecule has 108 valence electrons. The molecule has 1 aliphatic rings. The highest BCUT2D eigenvalue weighted by molar-refractivity contribution is 6.30. The number of hydrogen-bond acceptors (Lipinski definition) is 2. The highest BCUT2D eigenvalue weighted by atomic mass is 35.5. The van der Waals surface area contributed by atoms with Crippen LogP contribution < -0.4 is 10.6 Å². The summed E-state index contributed by atoms with van der Waals surface area (Å²) in [4.78, 5) is 12.6. The highest BCUT2D eigenvalue weighted by Gasteiger charge is 2.17. The van der Waals surface area contributed by atoms with Crippen LogP contribution in [0.1, 0.15) is 27.9 Å². The molecule has 1 amide bonds. The van der Waals surface area contributed by atoms with E-state index in [9.17, 15) is 4.79 Å². The predicted octanol–water partition coefficient (Wildman–Crippen LogP) is 4.26. The Morgan fingerprint density at radius 1 is 1.29 bits per heavy atom. The van der Waals surface area contributed by atoms with Gasteiger partial charge in [-0.15, -0.1) is 0 Å². The summed E-state index contributed by atoms with van der Waals surface area (Å²) in [6, 6.07) is 11.3. The van der Waals surface area contributed by atoms with Gasteiger partial charge >= 0.3 is 0 Å². The SMILES string of the molecule is Cc1cc(Cl)ccc1NC(=O)c1cccc2c1CCCN2. The van der Waals surface area contributed by atoms with E-state index in [0.29, 0.717) is 5.02 Å². The second-order valence-electron chi connectivity index (χ2n) is 5.28. The minimum atomic E-state index is -0.0685. The molecule has 2 N–H and O–H groups in total. The Balaban J connectivity index is 1.89. The summed E-state index contributed by atoms with van der Waals surface area (Å²) < 4.78 is 0. The molecule has 0 unspecified atom stereocenters. The van der Waals surface area contributed by atoms with E-state index in [1.54, 1.807) is 6.07 Å². The number of aryl methyl sites for hydroxylation is 1. The molecule has 21 heavy (non-hydrogen) atoms. The second-order valence-corrected chi connectivity index (χ2v) is 5.71. The summed E-state index contributed by atoms with van der Waals surface area (Å²) in [6.45, 7) is 2.90. The summed E-state index contributed by atoms with van der Waals surface area (Å²) in [7, 11) is 0. The summed E-state index contributed by atoms with van der Waals surface area (Å²) in [5.74, 6) is -0.0685. The zero-order valence-corrected chi connectivity index (χ0v) is 12.6. The van der Waals surface area contributed by atoms with E-state index in [2.05, 4.69) is 10.6 Å². The topological polar surface area (TPSA) is 41.1 Å². The lowest BCUT2D eigenvalue weighted by molar-refractivity contribution is 0.102. The average molecular weight is 301 g/mol. The van der Waals surface area contributed by atoms with Gasteiger partial charge in [-0.2, -0.15) is 0 Å². The minimum absolute atomic E-state index is 0.0685. The van der Waals surface area contributed by atoms with Crippen LogP contribution >= 0.6 is 11.6 Å².